The lowest BCUT2D eigenvalue weighted by Gasteiger charge is -1.55. The van der Waals surface area contributed by atoms with Crippen molar-refractivity contribution in [3.8, 4) is 0 Å². The van der Waals surface area contributed by atoms with Gasteiger partial charge in [0.25, 0.3) is 0 Å². The molecule has 0 amide bonds. The van der Waals surface area contributed by atoms with Crippen LogP contribution in [0, 0.1) is 0 Å². The first-order valence-electron chi connectivity index (χ1n) is 0.655. The normalized spacial score (nSPS) is 6.75. The van der Waals surface area contributed by atoms with Gasteiger partial charge in [0.05, 0.1) is 0 Å². The third-order valence-corrected chi connectivity index (χ3v) is 0. The van der Waals surface area contributed by atoms with E-state index in [-0.39, 0.29) is 1.43 Å². The van der Waals surface area contributed by atoms with E-state index >= 15 is 0 Å². The summed E-state index contributed by atoms with van der Waals surface area (Å²) in [5.74, 6) is 0. The standard InChI is InChI=1S/BF3/c2-1(3)4/p+1. The molecule has 0 spiro atoms. The summed E-state index contributed by atoms with van der Waals surface area (Å²) in [5.41, 5.74) is 0. The van der Waals surface area contributed by atoms with Crippen molar-refractivity contribution in [1.82, 2.24) is 0 Å². The van der Waals surface area contributed by atoms with Crippen LogP contribution in [0.25, 0.3) is 0 Å². The van der Waals surface area contributed by atoms with Gasteiger partial charge in [0, 0.05) is 0 Å². The summed E-state index contributed by atoms with van der Waals surface area (Å²) in [6.07, 6.45) is 0. The van der Waals surface area contributed by atoms with Gasteiger partial charge in [0.15, 0.2) is 0 Å². The van der Waals surface area contributed by atoms with E-state index in [1.807, 2.05) is 0 Å². The van der Waals surface area contributed by atoms with E-state index in [1.165, 1.54) is 0 Å². The van der Waals surface area contributed by atoms with Crippen molar-refractivity contribution in [2.24, 2.45) is 0 Å². The van der Waals surface area contributed by atoms with Crippen LogP contribution in [-0.2, 0) is 0 Å². The van der Waals surface area contributed by atoms with E-state index in [0.29, 0.717) is 0 Å². The van der Waals surface area contributed by atoms with Gasteiger partial charge in [-0.2, -0.15) is 0 Å². The molecule has 0 radical (unpaired) electrons. The summed E-state index contributed by atoms with van der Waals surface area (Å²) < 4.78 is 29.0. The van der Waals surface area contributed by atoms with Crippen molar-refractivity contribution >= 4 is 7.54 Å². The van der Waals surface area contributed by atoms with E-state index in [4.69, 9.17) is 0 Å². The predicted octanol–water partition coefficient (Wildman–Crippen LogP) is 0.992. The minimum absolute atomic E-state index is 0. The zero-order valence-corrected chi connectivity index (χ0v) is 1.71. The molecule has 4 heavy (non-hydrogen) atoms. The predicted molar refractivity (Wildman–Crippen MR) is 10.2 cm³/mol. The third kappa shape index (κ3) is 64.4. The maximum atomic E-state index is 9.67. The van der Waals surface area contributed by atoms with Gasteiger partial charge in [-0.25, -0.2) is 0 Å². The van der Waals surface area contributed by atoms with Crippen LogP contribution in [0.2, 0.25) is 0 Å². The zero-order chi connectivity index (χ0) is 3.58. The molecule has 0 fully saturated rings. The average Bonchev–Trinajstić information content (AvgIpc) is 0.811. The second-order valence-electron chi connectivity index (χ2n) is 0.247. The van der Waals surface area contributed by atoms with Gasteiger partial charge in [-0.15, -0.1) is 0 Å². The van der Waals surface area contributed by atoms with Gasteiger partial charge in [-0.1, -0.05) is 0 Å². The number of halogens is 3. The molecule has 0 aromatic rings. The van der Waals surface area contributed by atoms with E-state index in [2.05, 4.69) is 0 Å². The van der Waals surface area contributed by atoms with Gasteiger partial charge in [-0.05, 0) is 0 Å². The van der Waals surface area contributed by atoms with Gasteiger partial charge in [0.1, 0.15) is 0 Å². The lowest BCUT2D eigenvalue weighted by Crippen LogP contribution is -1.76. The van der Waals surface area contributed by atoms with Gasteiger partial charge >= 0.3 is 8.97 Å². The summed E-state index contributed by atoms with van der Waals surface area (Å²) in [6, 6.07) is 0. The topological polar surface area (TPSA) is 0 Å². The lowest BCUT2D eigenvalue weighted by atomic mass is 10.5. The summed E-state index contributed by atoms with van der Waals surface area (Å²) in [6.45, 7) is 0. The molecule has 0 aromatic heterocycles. The first-order valence-corrected chi connectivity index (χ1v) is 0.655. The Morgan fingerprint density at radius 1 is 1.25 bits per heavy atom. The molecule has 0 heterocycles. The molecule has 0 saturated heterocycles. The van der Waals surface area contributed by atoms with Crippen LogP contribution < -0.4 is 0 Å². The number of hydrogen-bond acceptors (Lipinski definition) is 0. The highest BCUT2D eigenvalue weighted by Gasteiger charge is 2.06. The highest BCUT2D eigenvalue weighted by molar-refractivity contribution is 6.33. The molecule has 0 atom stereocenters. The van der Waals surface area contributed by atoms with Crippen molar-refractivity contribution < 1.29 is 14.4 Å². The zero-order valence-electron chi connectivity index (χ0n) is 2.71. The average molecular weight is 68.8 g/mol. The Kier molecular flexibility index (Phi) is 1.16. The molecular weight excluding hydrogens is 67.8 g/mol. The van der Waals surface area contributed by atoms with E-state index in [0.717, 1.165) is 0 Å². The maximum absolute atomic E-state index is 9.67. The Bertz CT molecular complexity index is 11.6. The van der Waals surface area contributed by atoms with Crippen molar-refractivity contribution in [1.29, 1.82) is 0 Å². The largest absolute Gasteiger partial charge is 1.00 e. The Morgan fingerprint density at radius 2 is 1.25 bits per heavy atom. The second-order valence-corrected chi connectivity index (χ2v) is 0.247. The molecule has 0 aromatic carbocycles. The summed E-state index contributed by atoms with van der Waals surface area (Å²) in [4.78, 5) is 0. The fourth-order valence-corrected chi connectivity index (χ4v) is 0. The highest BCUT2D eigenvalue weighted by atomic mass is 19.4. The van der Waals surface area contributed by atoms with Gasteiger partial charge in [-0.3, -0.25) is 12.9 Å². The molecule has 0 nitrogen and oxygen atoms in total. The highest BCUT2D eigenvalue weighted by Crippen LogP contribution is 1.80. The van der Waals surface area contributed by atoms with Crippen LogP contribution in [-0.4, -0.2) is 7.54 Å². The van der Waals surface area contributed by atoms with Crippen LogP contribution in [0.5, 0.6) is 0 Å². The fraction of sp³-hybridized carbons (Fsp3) is 0. The van der Waals surface area contributed by atoms with E-state index < -0.39 is 7.54 Å². The maximum Gasteiger partial charge on any atom is 1.00 e. The van der Waals surface area contributed by atoms with Crippen molar-refractivity contribution in [3.05, 3.63) is 0 Å². The summed E-state index contributed by atoms with van der Waals surface area (Å²) in [5, 5.41) is 0. The minimum atomic E-state index is -3.67. The van der Waals surface area contributed by atoms with Gasteiger partial charge in [0.2, 0.25) is 0 Å². The first-order chi connectivity index (χ1) is 1.73. The van der Waals surface area contributed by atoms with Crippen LogP contribution >= 0.6 is 0 Å². The molecule has 0 aliphatic rings. The Labute approximate surface area is 23.3 Å². The quantitative estimate of drug-likeness (QED) is 0.372. The first kappa shape index (κ1) is 3.85. The monoisotopic (exact) mass is 69.0 g/mol. The van der Waals surface area contributed by atoms with Crippen molar-refractivity contribution in [3.63, 3.8) is 0 Å². The van der Waals surface area contributed by atoms with Crippen molar-refractivity contribution in [2.75, 3.05) is 0 Å². The van der Waals surface area contributed by atoms with Crippen LogP contribution in [0.4, 0.5) is 12.9 Å². The molecular formula is HBF3+. The molecule has 0 saturated carbocycles. The SMILES string of the molecule is FB(F)F.[H+]. The summed E-state index contributed by atoms with van der Waals surface area (Å²) >= 11 is 0. The fourth-order valence-electron chi connectivity index (χ4n) is 0. The molecule has 24 valence electrons. The number of rotatable bonds is 0. The Morgan fingerprint density at radius 3 is 1.25 bits per heavy atom. The van der Waals surface area contributed by atoms with Crippen LogP contribution in [0.1, 0.15) is 1.43 Å². The minimum Gasteiger partial charge on any atom is -0.254 e. The van der Waals surface area contributed by atoms with E-state index in [1.54, 1.807) is 0 Å². The molecule has 0 rings (SSSR count). The Balaban J connectivity index is 0. The third-order valence-electron chi connectivity index (χ3n) is 0. The molecule has 0 bridgehead atoms. The van der Waals surface area contributed by atoms with Crippen LogP contribution in [0.15, 0.2) is 0 Å². The molecule has 0 aliphatic carbocycles. The summed E-state index contributed by atoms with van der Waals surface area (Å²) in [7, 11) is -3.67. The molecule has 0 N–H and O–H groups in total. The second kappa shape index (κ2) is 1.21. The molecule has 4 heteroatoms. The lowest BCUT2D eigenvalue weighted by molar-refractivity contribution is 0.535. The molecule has 0 aliphatic heterocycles. The Hall–Kier alpha value is -0.145. The van der Waals surface area contributed by atoms with Crippen molar-refractivity contribution in [2.45, 2.75) is 0 Å². The van der Waals surface area contributed by atoms with Crippen LogP contribution in [0.3, 0.4) is 0 Å². The van der Waals surface area contributed by atoms with Gasteiger partial charge < -0.3 is 0 Å². The number of hydrogen-bond donors (Lipinski definition) is 0. The molecule has 0 unspecified atom stereocenters. The smallest absolute Gasteiger partial charge is 0.254 e. The van der Waals surface area contributed by atoms with E-state index in [9.17, 15) is 12.9 Å².